The molecule has 3 rings (SSSR count). The van der Waals surface area contributed by atoms with Gasteiger partial charge in [-0.2, -0.15) is 4.52 Å². The van der Waals surface area contributed by atoms with E-state index in [1.54, 1.807) is 6.07 Å². The zero-order valence-electron chi connectivity index (χ0n) is 13.0. The average Bonchev–Trinajstić information content (AvgIpc) is 2.92. The first-order chi connectivity index (χ1) is 10.6. The fourth-order valence-corrected chi connectivity index (χ4v) is 3.90. The zero-order valence-corrected chi connectivity index (χ0v) is 13.8. The highest BCUT2D eigenvalue weighted by molar-refractivity contribution is 7.20. The van der Waals surface area contributed by atoms with Crippen LogP contribution in [0.3, 0.4) is 0 Å². The summed E-state index contributed by atoms with van der Waals surface area (Å²) in [4.78, 5) is 19.5. The van der Waals surface area contributed by atoms with Gasteiger partial charge in [0.25, 0.3) is 5.56 Å². The molecule has 3 heterocycles. The van der Waals surface area contributed by atoms with Gasteiger partial charge >= 0.3 is 0 Å². The molecule has 0 spiro atoms. The van der Waals surface area contributed by atoms with Crippen molar-refractivity contribution in [1.29, 1.82) is 0 Å². The highest BCUT2D eigenvalue weighted by Gasteiger charge is 2.25. The van der Waals surface area contributed by atoms with Crippen LogP contribution in [-0.2, 0) is 6.42 Å². The molecule has 1 saturated heterocycles. The van der Waals surface area contributed by atoms with Crippen molar-refractivity contribution >= 4 is 21.4 Å². The van der Waals surface area contributed by atoms with Crippen molar-refractivity contribution in [2.45, 2.75) is 45.6 Å². The number of nitrogens with zero attached hydrogens (tertiary/aromatic N) is 4. The van der Waals surface area contributed by atoms with Gasteiger partial charge in [-0.05, 0) is 26.2 Å². The Balaban J connectivity index is 1.91. The number of hydrogen-bond acceptors (Lipinski definition) is 6. The van der Waals surface area contributed by atoms with Crippen LogP contribution in [-0.4, -0.2) is 38.9 Å². The lowest BCUT2D eigenvalue weighted by Gasteiger charge is -2.33. The fraction of sp³-hybridized carbons (Fsp3) is 0.667. The molecule has 2 aromatic heterocycles. The smallest absolute Gasteiger partial charge is 0.275 e. The lowest BCUT2D eigenvalue weighted by molar-refractivity contribution is 0.115. The quantitative estimate of drug-likeness (QED) is 0.928. The van der Waals surface area contributed by atoms with Gasteiger partial charge in [0.2, 0.25) is 10.1 Å². The second-order valence-corrected chi connectivity index (χ2v) is 6.94. The summed E-state index contributed by atoms with van der Waals surface area (Å²) in [5.41, 5.74) is 0.725. The van der Waals surface area contributed by atoms with Crippen molar-refractivity contribution in [2.24, 2.45) is 5.92 Å². The molecule has 0 bridgehead atoms. The number of rotatable bonds is 4. The maximum Gasteiger partial charge on any atom is 0.275 e. The third-order valence-electron chi connectivity index (χ3n) is 4.20. The number of anilines is 1. The van der Waals surface area contributed by atoms with Crippen molar-refractivity contribution in [3.63, 3.8) is 0 Å². The summed E-state index contributed by atoms with van der Waals surface area (Å²) in [7, 11) is 0. The molecule has 1 fully saturated rings. The van der Waals surface area contributed by atoms with Gasteiger partial charge in [0.1, 0.15) is 0 Å². The second-order valence-electron chi connectivity index (χ2n) is 6.00. The van der Waals surface area contributed by atoms with Gasteiger partial charge in [-0.3, -0.25) is 4.79 Å². The van der Waals surface area contributed by atoms with Gasteiger partial charge in [-0.15, -0.1) is 5.10 Å². The molecular weight excluding hydrogens is 300 g/mol. The third kappa shape index (κ3) is 3.01. The molecule has 0 aliphatic carbocycles. The van der Waals surface area contributed by atoms with Crippen LogP contribution in [0.2, 0.25) is 0 Å². The molecule has 0 saturated carbocycles. The molecule has 0 amide bonds. The predicted molar refractivity (Wildman–Crippen MR) is 87.7 cm³/mol. The summed E-state index contributed by atoms with van der Waals surface area (Å²) in [6, 6.07) is 1.58. The molecule has 22 heavy (non-hydrogen) atoms. The Labute approximate surface area is 133 Å². The molecule has 1 aliphatic heterocycles. The van der Waals surface area contributed by atoms with E-state index in [4.69, 9.17) is 0 Å². The first-order valence-corrected chi connectivity index (χ1v) is 8.73. The topological polar surface area (TPSA) is 70.7 Å². The maximum atomic E-state index is 12.2. The van der Waals surface area contributed by atoms with E-state index in [9.17, 15) is 9.90 Å². The Bertz CT molecular complexity index is 709. The van der Waals surface area contributed by atoms with Gasteiger partial charge in [0.15, 0.2) is 0 Å². The lowest BCUT2D eigenvalue weighted by atomic mass is 9.94. The van der Waals surface area contributed by atoms with Crippen molar-refractivity contribution in [2.75, 3.05) is 18.0 Å². The van der Waals surface area contributed by atoms with E-state index in [0.29, 0.717) is 4.96 Å². The van der Waals surface area contributed by atoms with Gasteiger partial charge in [-0.25, -0.2) is 4.98 Å². The third-order valence-corrected chi connectivity index (χ3v) is 5.17. The van der Waals surface area contributed by atoms with Crippen LogP contribution in [0.1, 0.15) is 38.8 Å². The number of aliphatic hydroxyl groups is 1. The minimum atomic E-state index is -0.311. The monoisotopic (exact) mass is 322 g/mol. The Morgan fingerprint density at radius 1 is 1.55 bits per heavy atom. The number of aromatic nitrogens is 3. The standard InChI is InChI=1S/C15H22N4O2S/c1-3-5-12-8-13(21)19-14(16-12)22-15(17-19)18-7-4-6-11(9-18)10(2)20/h8,10-11,20H,3-7,9H2,1-2H3. The van der Waals surface area contributed by atoms with Crippen LogP contribution in [0.25, 0.3) is 4.96 Å². The summed E-state index contributed by atoms with van der Waals surface area (Å²) in [5.74, 6) is 0.265. The first kappa shape index (κ1) is 15.4. The molecular formula is C15H22N4O2S. The van der Waals surface area contributed by atoms with Gasteiger partial charge < -0.3 is 10.0 Å². The van der Waals surface area contributed by atoms with E-state index in [1.807, 2.05) is 6.92 Å². The molecule has 0 radical (unpaired) electrons. The molecule has 0 aromatic carbocycles. The van der Waals surface area contributed by atoms with Gasteiger partial charge in [-0.1, -0.05) is 24.7 Å². The number of fused-ring (bicyclic) bond motifs is 1. The highest BCUT2D eigenvalue weighted by atomic mass is 32.1. The normalized spacial score (nSPS) is 20.5. The van der Waals surface area contributed by atoms with E-state index in [-0.39, 0.29) is 17.6 Å². The van der Waals surface area contributed by atoms with Crippen molar-refractivity contribution < 1.29 is 5.11 Å². The Morgan fingerprint density at radius 3 is 3.09 bits per heavy atom. The number of aryl methyl sites for hydroxylation is 1. The van der Waals surface area contributed by atoms with Crippen molar-refractivity contribution in [1.82, 2.24) is 14.6 Å². The average molecular weight is 322 g/mol. The summed E-state index contributed by atoms with van der Waals surface area (Å²) in [6.45, 7) is 5.62. The SMILES string of the molecule is CCCc1cc(=O)n2nc(N3CCCC(C(C)O)C3)sc2n1. The number of piperidine rings is 1. The highest BCUT2D eigenvalue weighted by Crippen LogP contribution is 2.28. The Kier molecular flexibility index (Phi) is 4.44. The van der Waals surface area contributed by atoms with E-state index in [1.165, 1.54) is 15.9 Å². The Hall–Kier alpha value is -1.47. The van der Waals surface area contributed by atoms with Crippen molar-refractivity contribution in [3.8, 4) is 0 Å². The van der Waals surface area contributed by atoms with Crippen LogP contribution in [0.4, 0.5) is 5.13 Å². The molecule has 7 heteroatoms. The largest absolute Gasteiger partial charge is 0.393 e. The number of hydrogen-bond donors (Lipinski definition) is 1. The molecule has 6 nitrogen and oxygen atoms in total. The van der Waals surface area contributed by atoms with E-state index >= 15 is 0 Å². The molecule has 2 aromatic rings. The minimum Gasteiger partial charge on any atom is -0.393 e. The minimum absolute atomic E-state index is 0.111. The maximum absolute atomic E-state index is 12.2. The lowest BCUT2D eigenvalue weighted by Crippen LogP contribution is -2.39. The second kappa shape index (κ2) is 6.34. The van der Waals surface area contributed by atoms with E-state index in [0.717, 1.165) is 49.6 Å². The zero-order chi connectivity index (χ0) is 15.7. The predicted octanol–water partition coefficient (Wildman–Crippen LogP) is 1.70. The van der Waals surface area contributed by atoms with Crippen LogP contribution < -0.4 is 10.5 Å². The van der Waals surface area contributed by atoms with Crippen LogP contribution in [0, 0.1) is 5.92 Å². The molecule has 2 unspecified atom stereocenters. The summed E-state index contributed by atoms with van der Waals surface area (Å²) in [5, 5.41) is 15.1. The Morgan fingerprint density at radius 2 is 2.36 bits per heavy atom. The molecule has 1 aliphatic rings. The molecule has 2 atom stereocenters. The fourth-order valence-electron chi connectivity index (χ4n) is 2.94. The van der Waals surface area contributed by atoms with Crippen LogP contribution in [0.15, 0.2) is 10.9 Å². The first-order valence-electron chi connectivity index (χ1n) is 7.91. The van der Waals surface area contributed by atoms with Crippen LogP contribution >= 0.6 is 11.3 Å². The van der Waals surface area contributed by atoms with E-state index in [2.05, 4.69) is 21.9 Å². The van der Waals surface area contributed by atoms with Crippen molar-refractivity contribution in [3.05, 3.63) is 22.1 Å². The summed E-state index contributed by atoms with van der Waals surface area (Å²) >= 11 is 1.46. The van der Waals surface area contributed by atoms with Crippen LogP contribution in [0.5, 0.6) is 0 Å². The summed E-state index contributed by atoms with van der Waals surface area (Å²) < 4.78 is 1.39. The van der Waals surface area contributed by atoms with E-state index < -0.39 is 0 Å². The van der Waals surface area contributed by atoms with Gasteiger partial charge in [0.05, 0.1) is 6.10 Å². The number of aliphatic hydroxyl groups excluding tert-OH is 1. The molecule has 1 N–H and O–H groups in total. The molecule has 120 valence electrons. The van der Waals surface area contributed by atoms with Gasteiger partial charge in [0, 0.05) is 30.8 Å². The summed E-state index contributed by atoms with van der Waals surface area (Å²) in [6.07, 6.45) is 3.55.